The fourth-order valence-corrected chi connectivity index (χ4v) is 2.69. The van der Waals surface area contributed by atoms with Gasteiger partial charge in [-0.3, -0.25) is 0 Å². The number of hydrogen-bond donors (Lipinski definition) is 2. The van der Waals surface area contributed by atoms with Crippen LogP contribution in [0.15, 0.2) is 36.4 Å². The highest BCUT2D eigenvalue weighted by molar-refractivity contribution is 5.45. The first kappa shape index (κ1) is 18.3. The molecule has 2 aromatic rings. The van der Waals surface area contributed by atoms with Gasteiger partial charge in [0, 0.05) is 0 Å². The summed E-state index contributed by atoms with van der Waals surface area (Å²) in [6.07, 6.45) is -0.739. The lowest BCUT2D eigenvalue weighted by molar-refractivity contribution is 0.00270. The topological polar surface area (TPSA) is 58.9 Å². The Labute approximate surface area is 143 Å². The lowest BCUT2D eigenvalue weighted by Gasteiger charge is -2.18. The predicted molar refractivity (Wildman–Crippen MR) is 94.4 cm³/mol. The average Bonchev–Trinajstić information content (AvgIpc) is 2.51. The molecule has 0 aliphatic rings. The van der Waals surface area contributed by atoms with E-state index in [1.165, 1.54) is 0 Å². The first-order chi connectivity index (χ1) is 11.4. The summed E-state index contributed by atoms with van der Waals surface area (Å²) in [5.74, 6) is 1.39. The minimum atomic E-state index is -0.739. The van der Waals surface area contributed by atoms with E-state index in [2.05, 4.69) is 13.8 Å². The van der Waals surface area contributed by atoms with Crippen molar-refractivity contribution in [3.8, 4) is 11.5 Å². The van der Waals surface area contributed by atoms with E-state index >= 15 is 0 Å². The van der Waals surface area contributed by atoms with Crippen LogP contribution in [-0.4, -0.2) is 23.6 Å². The average molecular weight is 330 g/mol. The monoisotopic (exact) mass is 330 g/mol. The maximum atomic E-state index is 10.7. The summed E-state index contributed by atoms with van der Waals surface area (Å²) in [6.45, 7) is 8.82. The van der Waals surface area contributed by atoms with Gasteiger partial charge in [0.1, 0.15) is 17.6 Å². The van der Waals surface area contributed by atoms with E-state index < -0.39 is 6.10 Å². The number of rotatable bonds is 7. The number of aryl methyl sites for hydroxylation is 2. The van der Waals surface area contributed by atoms with Crippen molar-refractivity contribution < 1.29 is 19.7 Å². The smallest absolute Gasteiger partial charge is 0.189 e. The Bertz CT molecular complexity index is 639. The van der Waals surface area contributed by atoms with Crippen LogP contribution < -0.4 is 4.74 Å². The van der Waals surface area contributed by atoms with Crippen molar-refractivity contribution in [2.45, 2.75) is 33.8 Å². The zero-order chi connectivity index (χ0) is 17.7. The Morgan fingerprint density at radius 2 is 1.58 bits per heavy atom. The number of phenolic OH excluding ortho intramolecular Hbond substituents is 1. The molecule has 0 saturated heterocycles. The van der Waals surface area contributed by atoms with Gasteiger partial charge in [0.05, 0.1) is 6.61 Å². The highest BCUT2D eigenvalue weighted by Gasteiger charge is 2.16. The third-order valence-corrected chi connectivity index (χ3v) is 3.81. The van der Waals surface area contributed by atoms with Gasteiger partial charge in [-0.05, 0) is 66.3 Å². The molecule has 0 amide bonds. The van der Waals surface area contributed by atoms with Crippen LogP contribution in [0.2, 0.25) is 0 Å². The molecule has 0 saturated carbocycles. The van der Waals surface area contributed by atoms with Crippen molar-refractivity contribution in [3.63, 3.8) is 0 Å². The molecule has 4 nitrogen and oxygen atoms in total. The van der Waals surface area contributed by atoms with E-state index in [0.717, 1.165) is 22.3 Å². The molecule has 1 atom stereocenters. The normalized spacial score (nSPS) is 12.4. The third kappa shape index (κ3) is 4.73. The maximum Gasteiger partial charge on any atom is 0.189 e. The summed E-state index contributed by atoms with van der Waals surface area (Å²) < 4.78 is 10.9. The Morgan fingerprint density at radius 3 is 2.12 bits per heavy atom. The molecule has 0 aliphatic heterocycles. The van der Waals surface area contributed by atoms with Gasteiger partial charge in [-0.1, -0.05) is 26.0 Å². The van der Waals surface area contributed by atoms with E-state index in [4.69, 9.17) is 9.47 Å². The first-order valence-corrected chi connectivity index (χ1v) is 8.17. The van der Waals surface area contributed by atoms with Crippen LogP contribution in [0, 0.1) is 19.8 Å². The second-order valence-electron chi connectivity index (χ2n) is 6.49. The molecule has 4 heteroatoms. The second kappa shape index (κ2) is 8.18. The molecule has 0 heterocycles. The van der Waals surface area contributed by atoms with Gasteiger partial charge < -0.3 is 19.7 Å². The summed E-state index contributed by atoms with van der Waals surface area (Å²) in [5.41, 5.74) is 3.33. The Balaban J connectivity index is 2.05. The van der Waals surface area contributed by atoms with Gasteiger partial charge in [-0.25, -0.2) is 0 Å². The van der Waals surface area contributed by atoms with Crippen LogP contribution >= 0.6 is 0 Å². The summed E-state index contributed by atoms with van der Waals surface area (Å²) in [5, 5.41) is 20.3. The molecule has 0 aromatic heterocycles. The molecule has 24 heavy (non-hydrogen) atoms. The number of aliphatic hydroxyl groups excluding tert-OH is 1. The van der Waals surface area contributed by atoms with Crippen molar-refractivity contribution in [1.29, 1.82) is 0 Å². The Hall–Kier alpha value is -2.04. The van der Waals surface area contributed by atoms with Gasteiger partial charge in [-0.15, -0.1) is 0 Å². The van der Waals surface area contributed by atoms with Crippen molar-refractivity contribution in [2.24, 2.45) is 5.92 Å². The van der Waals surface area contributed by atoms with Gasteiger partial charge in [-0.2, -0.15) is 0 Å². The van der Waals surface area contributed by atoms with E-state index in [1.54, 1.807) is 12.1 Å². The number of benzene rings is 2. The zero-order valence-corrected chi connectivity index (χ0v) is 14.7. The number of hydrogen-bond acceptors (Lipinski definition) is 4. The number of ether oxygens (including phenoxy) is 2. The Morgan fingerprint density at radius 1 is 1.00 bits per heavy atom. The number of phenols is 1. The molecular weight excluding hydrogens is 304 g/mol. The Kier molecular flexibility index (Phi) is 6.23. The van der Waals surface area contributed by atoms with Crippen LogP contribution in [0.3, 0.4) is 0 Å². The van der Waals surface area contributed by atoms with Crippen LogP contribution in [0.25, 0.3) is 0 Å². The molecule has 130 valence electrons. The molecule has 0 radical (unpaired) electrons. The van der Waals surface area contributed by atoms with E-state index in [1.807, 2.05) is 38.1 Å². The van der Waals surface area contributed by atoms with E-state index in [-0.39, 0.29) is 12.5 Å². The summed E-state index contributed by atoms with van der Waals surface area (Å²) >= 11 is 0. The lowest BCUT2D eigenvalue weighted by Crippen LogP contribution is -2.08. The van der Waals surface area contributed by atoms with Crippen LogP contribution in [0.1, 0.15) is 42.2 Å². The molecule has 0 spiro atoms. The fourth-order valence-electron chi connectivity index (χ4n) is 2.69. The number of aliphatic hydroxyl groups is 1. The van der Waals surface area contributed by atoms with Gasteiger partial charge in [0.15, 0.2) is 6.79 Å². The van der Waals surface area contributed by atoms with E-state index in [9.17, 15) is 10.2 Å². The molecular formula is C20H26O4. The molecule has 0 bridgehead atoms. The van der Waals surface area contributed by atoms with Gasteiger partial charge in [0.25, 0.3) is 0 Å². The van der Waals surface area contributed by atoms with Crippen LogP contribution in [0.5, 0.6) is 11.5 Å². The largest absolute Gasteiger partial charge is 0.508 e. The maximum absolute atomic E-state index is 10.7. The van der Waals surface area contributed by atoms with Gasteiger partial charge >= 0.3 is 0 Å². The minimum Gasteiger partial charge on any atom is -0.508 e. The summed E-state index contributed by atoms with van der Waals surface area (Å²) in [4.78, 5) is 0. The summed E-state index contributed by atoms with van der Waals surface area (Å²) in [6, 6.07) is 10.7. The minimum absolute atomic E-state index is 0.214. The van der Waals surface area contributed by atoms with Crippen LogP contribution in [-0.2, 0) is 4.74 Å². The van der Waals surface area contributed by atoms with Gasteiger partial charge in [0.2, 0.25) is 0 Å². The molecule has 2 N–H and O–H groups in total. The summed E-state index contributed by atoms with van der Waals surface area (Å²) in [7, 11) is 0. The number of aromatic hydroxyl groups is 1. The molecule has 2 aromatic carbocycles. The lowest BCUT2D eigenvalue weighted by atomic mass is 9.93. The highest BCUT2D eigenvalue weighted by atomic mass is 16.7. The third-order valence-electron chi connectivity index (χ3n) is 3.81. The van der Waals surface area contributed by atoms with Crippen molar-refractivity contribution in [3.05, 3.63) is 58.7 Å². The van der Waals surface area contributed by atoms with E-state index in [0.29, 0.717) is 18.3 Å². The van der Waals surface area contributed by atoms with Crippen molar-refractivity contribution in [1.82, 2.24) is 0 Å². The molecule has 0 aliphatic carbocycles. The molecule has 2 rings (SSSR count). The highest BCUT2D eigenvalue weighted by Crippen LogP contribution is 2.31. The fraction of sp³-hybridized carbons (Fsp3) is 0.400. The predicted octanol–water partition coefficient (Wildman–Crippen LogP) is 4.10. The molecule has 0 fully saturated rings. The SMILES string of the molecule is Cc1cc(O)cc(C)c1C(O)c1ccc(OCOCC(C)C)cc1. The first-order valence-electron chi connectivity index (χ1n) is 8.17. The zero-order valence-electron chi connectivity index (χ0n) is 14.7. The van der Waals surface area contributed by atoms with Crippen molar-refractivity contribution >= 4 is 0 Å². The standard InChI is InChI=1S/C20H26O4/c1-13(2)11-23-12-24-18-7-5-16(6-8-18)20(22)19-14(3)9-17(21)10-15(19)4/h5-10,13,20-22H,11-12H2,1-4H3. The molecule has 1 unspecified atom stereocenters. The second-order valence-corrected chi connectivity index (χ2v) is 6.49. The van der Waals surface area contributed by atoms with Crippen molar-refractivity contribution in [2.75, 3.05) is 13.4 Å². The van der Waals surface area contributed by atoms with Crippen LogP contribution in [0.4, 0.5) is 0 Å². The quantitative estimate of drug-likeness (QED) is 0.593.